The number of carbonyl (C=O) groups is 3. The Balaban J connectivity index is 1.11. The van der Waals surface area contributed by atoms with Crippen molar-refractivity contribution in [2.24, 2.45) is 5.92 Å². The van der Waals surface area contributed by atoms with Crippen LogP contribution in [0.2, 0.25) is 0 Å². The number of nitrogens with zero attached hydrogens (tertiary/aromatic N) is 2. The van der Waals surface area contributed by atoms with Crippen molar-refractivity contribution < 1.29 is 24.2 Å². The number of aromatic nitrogens is 1. The molecule has 45 heavy (non-hydrogen) atoms. The van der Waals surface area contributed by atoms with Gasteiger partial charge in [-0.3, -0.25) is 14.6 Å². The second-order valence-electron chi connectivity index (χ2n) is 11.5. The Bertz CT molecular complexity index is 1560. The van der Waals surface area contributed by atoms with Gasteiger partial charge in [0.05, 0.1) is 6.61 Å². The van der Waals surface area contributed by atoms with Crippen LogP contribution in [-0.4, -0.2) is 58.4 Å². The predicted molar refractivity (Wildman–Crippen MR) is 173 cm³/mol. The summed E-state index contributed by atoms with van der Waals surface area (Å²) in [4.78, 5) is 44.4. The van der Waals surface area contributed by atoms with Crippen LogP contribution < -0.4 is 10.1 Å². The van der Waals surface area contributed by atoms with Crippen molar-refractivity contribution in [2.45, 2.75) is 44.6 Å². The smallest absolute Gasteiger partial charge is 0.326 e. The topological polar surface area (TPSA) is 109 Å². The van der Waals surface area contributed by atoms with E-state index in [4.69, 9.17) is 4.74 Å². The van der Waals surface area contributed by atoms with Gasteiger partial charge in [0, 0.05) is 55.1 Å². The van der Waals surface area contributed by atoms with E-state index in [1.807, 2.05) is 53.6 Å². The van der Waals surface area contributed by atoms with Crippen molar-refractivity contribution in [3.8, 4) is 5.75 Å². The lowest BCUT2D eigenvalue weighted by Crippen LogP contribution is -2.34. The highest BCUT2D eigenvalue weighted by Crippen LogP contribution is 2.30. The Morgan fingerprint density at radius 3 is 2.38 bits per heavy atom. The molecule has 1 atom stereocenters. The normalized spacial score (nSPS) is 13.1. The van der Waals surface area contributed by atoms with Gasteiger partial charge in [0.1, 0.15) is 11.8 Å². The Labute approximate surface area is 264 Å². The van der Waals surface area contributed by atoms with Crippen molar-refractivity contribution >= 4 is 23.3 Å². The molecule has 8 nitrogen and oxygen atoms in total. The third-order valence-corrected chi connectivity index (χ3v) is 7.92. The van der Waals surface area contributed by atoms with Crippen LogP contribution in [0.5, 0.6) is 5.75 Å². The largest absolute Gasteiger partial charge is 0.494 e. The second-order valence-corrected chi connectivity index (χ2v) is 11.5. The summed E-state index contributed by atoms with van der Waals surface area (Å²) in [5.41, 5.74) is 3.33. The number of amides is 1. The van der Waals surface area contributed by atoms with Gasteiger partial charge >= 0.3 is 5.97 Å². The van der Waals surface area contributed by atoms with Gasteiger partial charge in [-0.1, -0.05) is 60.7 Å². The third kappa shape index (κ3) is 9.50. The molecule has 232 valence electrons. The molecule has 8 heteroatoms. The predicted octanol–water partition coefficient (Wildman–Crippen LogP) is 6.06. The van der Waals surface area contributed by atoms with E-state index in [2.05, 4.69) is 10.3 Å². The van der Waals surface area contributed by atoms with Gasteiger partial charge in [-0.2, -0.15) is 0 Å². The molecular weight excluding hydrogens is 566 g/mol. The lowest BCUT2D eigenvalue weighted by molar-refractivity contribution is -0.138. The highest BCUT2D eigenvalue weighted by molar-refractivity contribution is 6.12. The summed E-state index contributed by atoms with van der Waals surface area (Å²) in [6.07, 6.45) is 8.03. The molecule has 1 aliphatic carbocycles. The summed E-state index contributed by atoms with van der Waals surface area (Å²) in [5, 5.41) is 13.0. The molecule has 0 radical (unpaired) electrons. The average Bonchev–Trinajstić information content (AvgIpc) is 3.90. The maximum Gasteiger partial charge on any atom is 0.326 e. The quantitative estimate of drug-likeness (QED) is 0.111. The van der Waals surface area contributed by atoms with E-state index in [1.54, 1.807) is 54.7 Å². The molecule has 0 aliphatic heterocycles. The number of para-hydroxylation sites is 1. The molecular formula is C37H39N3O5. The Hall–Kier alpha value is -4.98. The molecule has 2 N–H and O–H groups in total. The number of nitrogens with one attached hydrogen (secondary N) is 1. The Morgan fingerprint density at radius 1 is 0.911 bits per heavy atom. The molecule has 5 rings (SSSR count). The van der Waals surface area contributed by atoms with Crippen molar-refractivity contribution in [2.75, 3.05) is 25.0 Å². The fraction of sp³-hybridized carbons (Fsp3) is 0.297. The lowest BCUT2D eigenvalue weighted by Gasteiger charge is -2.23. The third-order valence-electron chi connectivity index (χ3n) is 7.92. The van der Waals surface area contributed by atoms with Gasteiger partial charge < -0.3 is 20.1 Å². The number of rotatable bonds is 17. The fourth-order valence-electron chi connectivity index (χ4n) is 5.23. The van der Waals surface area contributed by atoms with Crippen LogP contribution >= 0.6 is 0 Å². The van der Waals surface area contributed by atoms with Gasteiger partial charge in [0.25, 0.3) is 0 Å². The standard InChI is InChI=1S/C37H39N3O5/c41-35(20-17-28-8-6-21-38-25-28)40(26-29-13-14-29)22-7-23-45-31-18-15-27(16-19-31)24-34(37(43)44)39-33-12-5-4-11-32(33)36(42)30-9-2-1-3-10-30/h1-6,8-12,15-16,18-19,21,25,29,34,39H,7,13-14,17,20,22-24,26H2,(H,43,44)/t34-/m0/s1. The lowest BCUT2D eigenvalue weighted by atomic mass is 10.00. The van der Waals surface area contributed by atoms with Crippen LogP contribution in [0.4, 0.5) is 5.69 Å². The van der Waals surface area contributed by atoms with E-state index in [1.165, 1.54) is 12.8 Å². The van der Waals surface area contributed by atoms with Gasteiger partial charge in [0.2, 0.25) is 5.91 Å². The summed E-state index contributed by atoms with van der Waals surface area (Å²) in [6, 6.07) is 26.2. The summed E-state index contributed by atoms with van der Waals surface area (Å²) < 4.78 is 5.96. The number of hydrogen-bond donors (Lipinski definition) is 2. The first kappa shape index (κ1) is 31.4. The van der Waals surface area contributed by atoms with Gasteiger partial charge in [-0.15, -0.1) is 0 Å². The zero-order chi connectivity index (χ0) is 31.4. The van der Waals surface area contributed by atoms with Crippen molar-refractivity contribution in [1.82, 2.24) is 9.88 Å². The minimum atomic E-state index is -1.01. The number of ketones is 1. The van der Waals surface area contributed by atoms with Gasteiger partial charge in [-0.05, 0) is 73.1 Å². The number of aliphatic carboxylic acids is 1. The van der Waals surface area contributed by atoms with Crippen LogP contribution in [0.3, 0.4) is 0 Å². The highest BCUT2D eigenvalue weighted by atomic mass is 16.5. The fourth-order valence-corrected chi connectivity index (χ4v) is 5.23. The summed E-state index contributed by atoms with van der Waals surface area (Å²) in [6.45, 7) is 1.94. The number of benzene rings is 3. The first-order valence-electron chi connectivity index (χ1n) is 15.5. The average molecular weight is 606 g/mol. The summed E-state index contributed by atoms with van der Waals surface area (Å²) in [5.74, 6) is 0.290. The summed E-state index contributed by atoms with van der Waals surface area (Å²) >= 11 is 0. The molecule has 3 aromatic carbocycles. The maximum absolute atomic E-state index is 13.1. The Morgan fingerprint density at radius 2 is 1.67 bits per heavy atom. The van der Waals surface area contributed by atoms with Crippen LogP contribution in [0.15, 0.2) is 103 Å². The number of carbonyl (C=O) groups excluding carboxylic acids is 2. The number of carboxylic acids is 1. The monoisotopic (exact) mass is 605 g/mol. The Kier molecular flexibility index (Phi) is 10.9. The highest BCUT2D eigenvalue weighted by Gasteiger charge is 2.26. The van der Waals surface area contributed by atoms with Gasteiger partial charge in [0.15, 0.2) is 5.78 Å². The first-order valence-corrected chi connectivity index (χ1v) is 15.5. The van der Waals surface area contributed by atoms with E-state index in [-0.39, 0.29) is 18.1 Å². The molecule has 1 saturated carbocycles. The molecule has 0 unspecified atom stereocenters. The molecule has 0 bridgehead atoms. The molecule has 4 aromatic rings. The number of aryl methyl sites for hydroxylation is 1. The number of ether oxygens (including phenoxy) is 1. The van der Waals surface area contributed by atoms with Crippen molar-refractivity contribution in [3.63, 3.8) is 0 Å². The van der Waals surface area contributed by atoms with Crippen LogP contribution in [-0.2, 0) is 22.4 Å². The number of hydrogen-bond acceptors (Lipinski definition) is 6. The number of carboxylic acid groups (broad SMARTS) is 1. The zero-order valence-electron chi connectivity index (χ0n) is 25.3. The van der Waals surface area contributed by atoms with E-state index < -0.39 is 12.0 Å². The van der Waals surface area contributed by atoms with E-state index in [9.17, 15) is 19.5 Å². The molecule has 1 aliphatic rings. The second kappa shape index (κ2) is 15.7. The van der Waals surface area contributed by atoms with E-state index >= 15 is 0 Å². The van der Waals surface area contributed by atoms with Crippen LogP contribution in [0.1, 0.15) is 52.7 Å². The minimum Gasteiger partial charge on any atom is -0.494 e. The first-order chi connectivity index (χ1) is 22.0. The molecule has 1 aromatic heterocycles. The van der Waals surface area contributed by atoms with Crippen LogP contribution in [0.25, 0.3) is 0 Å². The molecule has 1 fully saturated rings. The molecule has 1 heterocycles. The molecule has 0 spiro atoms. The van der Waals surface area contributed by atoms with E-state index in [0.717, 1.165) is 24.1 Å². The minimum absolute atomic E-state index is 0.170. The maximum atomic E-state index is 13.1. The number of anilines is 1. The molecule has 1 amide bonds. The van der Waals surface area contributed by atoms with Crippen LogP contribution in [0, 0.1) is 5.92 Å². The SMILES string of the molecule is O=C(c1ccccc1)c1ccccc1N[C@@H](Cc1ccc(OCCCN(CC2CC2)C(=O)CCc2cccnc2)cc1)C(=O)O. The zero-order valence-corrected chi connectivity index (χ0v) is 25.3. The van der Waals surface area contributed by atoms with E-state index in [0.29, 0.717) is 54.5 Å². The van der Waals surface area contributed by atoms with Crippen molar-refractivity contribution in [1.29, 1.82) is 0 Å². The number of pyridine rings is 1. The van der Waals surface area contributed by atoms with Crippen molar-refractivity contribution in [3.05, 3.63) is 126 Å². The summed E-state index contributed by atoms with van der Waals surface area (Å²) in [7, 11) is 0. The van der Waals surface area contributed by atoms with Gasteiger partial charge in [-0.25, -0.2) is 4.79 Å². The molecule has 0 saturated heterocycles.